The molecule has 0 fully saturated rings. The highest BCUT2D eigenvalue weighted by atomic mass is 35.5. The van der Waals surface area contributed by atoms with Crippen molar-refractivity contribution in [3.63, 3.8) is 0 Å². The number of carbonyl (C=O) groups excluding carboxylic acids is 1. The molecule has 0 aliphatic heterocycles. The van der Waals surface area contributed by atoms with Gasteiger partial charge in [-0.2, -0.15) is 5.26 Å². The van der Waals surface area contributed by atoms with E-state index in [1.165, 1.54) is 25.3 Å². The summed E-state index contributed by atoms with van der Waals surface area (Å²) in [7, 11) is 1.46. The number of non-ortho nitro benzene ring substituents is 1. The largest absolute Gasteiger partial charge is 0.493 e. The number of nitriles is 1. The zero-order chi connectivity index (χ0) is 30.1. The summed E-state index contributed by atoms with van der Waals surface area (Å²) in [5.74, 6) is 0.728. The Morgan fingerprint density at radius 3 is 2.45 bits per heavy atom. The van der Waals surface area contributed by atoms with Crippen LogP contribution >= 0.6 is 23.2 Å². The van der Waals surface area contributed by atoms with Crippen LogP contribution in [0.1, 0.15) is 16.7 Å². The quantitative estimate of drug-likeness (QED) is 0.0809. The number of carbonyl (C=O) groups is 1. The van der Waals surface area contributed by atoms with Gasteiger partial charge in [-0.1, -0.05) is 47.5 Å². The van der Waals surface area contributed by atoms with Gasteiger partial charge >= 0.3 is 0 Å². The number of nitro benzene ring substituents is 1. The molecular weight excluding hydrogens is 581 g/mol. The number of hydrogen-bond acceptors (Lipinski definition) is 7. The molecule has 0 aromatic heterocycles. The molecule has 0 aliphatic rings. The average molecular weight is 604 g/mol. The first-order valence-electron chi connectivity index (χ1n) is 12.4. The highest BCUT2D eigenvalue weighted by Gasteiger charge is 2.13. The van der Waals surface area contributed by atoms with Gasteiger partial charge in [-0.05, 0) is 65.7 Å². The lowest BCUT2D eigenvalue weighted by Gasteiger charge is -2.12. The zero-order valence-electron chi connectivity index (χ0n) is 22.2. The Hall–Kier alpha value is -5.04. The minimum absolute atomic E-state index is 0.0327. The summed E-state index contributed by atoms with van der Waals surface area (Å²) in [6.07, 6.45) is 1.43. The van der Waals surface area contributed by atoms with Gasteiger partial charge in [-0.25, -0.2) is 0 Å². The Bertz CT molecular complexity index is 1680. The van der Waals surface area contributed by atoms with Crippen molar-refractivity contribution in [3.8, 4) is 23.3 Å². The van der Waals surface area contributed by atoms with Crippen molar-refractivity contribution in [2.75, 3.05) is 12.4 Å². The molecule has 0 radical (unpaired) electrons. The van der Waals surface area contributed by atoms with E-state index in [4.69, 9.17) is 37.4 Å². The van der Waals surface area contributed by atoms with Gasteiger partial charge in [0.15, 0.2) is 11.5 Å². The summed E-state index contributed by atoms with van der Waals surface area (Å²) in [6, 6.07) is 24.8. The van der Waals surface area contributed by atoms with Gasteiger partial charge in [0.1, 0.15) is 30.6 Å². The van der Waals surface area contributed by atoms with Gasteiger partial charge in [0, 0.05) is 33.4 Å². The van der Waals surface area contributed by atoms with Gasteiger partial charge in [0.05, 0.1) is 12.0 Å². The maximum Gasteiger partial charge on any atom is 0.269 e. The lowest BCUT2D eigenvalue weighted by Crippen LogP contribution is -2.13. The molecule has 212 valence electrons. The summed E-state index contributed by atoms with van der Waals surface area (Å²) in [6.45, 7) is 0.322. The Morgan fingerprint density at radius 1 is 0.976 bits per heavy atom. The second-order valence-electron chi connectivity index (χ2n) is 8.80. The van der Waals surface area contributed by atoms with Crippen molar-refractivity contribution in [1.29, 1.82) is 5.26 Å². The Labute approximate surface area is 251 Å². The predicted octanol–water partition coefficient (Wildman–Crippen LogP) is 7.61. The smallest absolute Gasteiger partial charge is 0.269 e. The number of nitro groups is 1. The van der Waals surface area contributed by atoms with Crippen LogP contribution in [-0.4, -0.2) is 17.9 Å². The molecule has 1 N–H and O–H groups in total. The van der Waals surface area contributed by atoms with Crippen LogP contribution in [0.15, 0.2) is 90.5 Å². The molecule has 0 spiro atoms. The molecule has 0 heterocycles. The summed E-state index contributed by atoms with van der Waals surface area (Å²) in [5.41, 5.74) is 2.24. The van der Waals surface area contributed by atoms with Gasteiger partial charge in [0.2, 0.25) is 0 Å². The molecule has 0 saturated heterocycles. The van der Waals surface area contributed by atoms with Crippen molar-refractivity contribution in [2.24, 2.45) is 0 Å². The zero-order valence-corrected chi connectivity index (χ0v) is 23.7. The fraction of sp³-hybridized carbons (Fsp3) is 0.0968. The topological polar surface area (TPSA) is 124 Å². The van der Waals surface area contributed by atoms with Crippen LogP contribution in [0.2, 0.25) is 10.0 Å². The molecule has 11 heteroatoms. The van der Waals surface area contributed by atoms with Crippen LogP contribution in [0, 0.1) is 21.4 Å². The van der Waals surface area contributed by atoms with Crippen molar-refractivity contribution < 1.29 is 23.9 Å². The summed E-state index contributed by atoms with van der Waals surface area (Å²) >= 11 is 12.1. The van der Waals surface area contributed by atoms with E-state index in [-0.39, 0.29) is 24.5 Å². The number of rotatable bonds is 11. The first-order chi connectivity index (χ1) is 20.2. The molecule has 4 aromatic carbocycles. The standard InChI is InChI=1S/C31H23Cl2N3O6/c1-40-30-15-20(5-12-29(30)42-18-21-3-2-4-26(14-21)36(38)39)13-23(17-34)31(37)35-25-8-10-27(11-9-25)41-19-22-6-7-24(32)16-28(22)33/h2-16H,18-19H2,1H3,(H,35,37)/b23-13+. The normalized spacial score (nSPS) is 10.9. The van der Waals surface area contributed by atoms with Gasteiger partial charge in [-0.3, -0.25) is 14.9 Å². The summed E-state index contributed by atoms with van der Waals surface area (Å²) in [4.78, 5) is 23.3. The number of ether oxygens (including phenoxy) is 3. The maximum atomic E-state index is 12.8. The van der Waals surface area contributed by atoms with Crippen LogP contribution in [0.5, 0.6) is 17.2 Å². The molecular formula is C31H23Cl2N3O6. The van der Waals surface area contributed by atoms with E-state index in [0.29, 0.717) is 44.1 Å². The first kappa shape index (κ1) is 29.9. The van der Waals surface area contributed by atoms with Gasteiger partial charge in [-0.15, -0.1) is 0 Å². The van der Waals surface area contributed by atoms with Crippen LogP contribution in [-0.2, 0) is 18.0 Å². The van der Waals surface area contributed by atoms with Gasteiger partial charge in [0.25, 0.3) is 11.6 Å². The van der Waals surface area contributed by atoms with Crippen molar-refractivity contribution in [3.05, 3.63) is 127 Å². The molecule has 1 amide bonds. The van der Waals surface area contributed by atoms with E-state index in [9.17, 15) is 20.2 Å². The monoisotopic (exact) mass is 603 g/mol. The number of amides is 1. The fourth-order valence-electron chi connectivity index (χ4n) is 3.76. The highest BCUT2D eigenvalue weighted by molar-refractivity contribution is 6.35. The summed E-state index contributed by atoms with van der Waals surface area (Å²) in [5, 5.41) is 24.4. The van der Waals surface area contributed by atoms with E-state index in [1.807, 2.05) is 6.07 Å². The second-order valence-corrected chi connectivity index (χ2v) is 9.64. The van der Waals surface area contributed by atoms with Gasteiger partial charge < -0.3 is 19.5 Å². The van der Waals surface area contributed by atoms with Crippen molar-refractivity contribution in [2.45, 2.75) is 13.2 Å². The number of nitrogens with zero attached hydrogens (tertiary/aromatic N) is 2. The third-order valence-corrected chi connectivity index (χ3v) is 6.49. The molecule has 9 nitrogen and oxygen atoms in total. The van der Waals surface area contributed by atoms with E-state index < -0.39 is 10.8 Å². The molecule has 4 aromatic rings. The lowest BCUT2D eigenvalue weighted by molar-refractivity contribution is -0.384. The summed E-state index contributed by atoms with van der Waals surface area (Å²) < 4.78 is 17.0. The maximum absolute atomic E-state index is 12.8. The van der Waals surface area contributed by atoms with E-state index >= 15 is 0 Å². The third-order valence-electron chi connectivity index (χ3n) is 5.90. The van der Waals surface area contributed by atoms with Crippen LogP contribution in [0.4, 0.5) is 11.4 Å². The molecule has 0 atom stereocenters. The molecule has 0 aliphatic carbocycles. The molecule has 0 saturated carbocycles. The molecule has 42 heavy (non-hydrogen) atoms. The van der Waals surface area contributed by atoms with Crippen LogP contribution in [0.3, 0.4) is 0 Å². The van der Waals surface area contributed by atoms with Crippen LogP contribution < -0.4 is 19.5 Å². The predicted molar refractivity (Wildman–Crippen MR) is 160 cm³/mol. The van der Waals surface area contributed by atoms with E-state index in [0.717, 1.165) is 5.56 Å². The van der Waals surface area contributed by atoms with Crippen LogP contribution in [0.25, 0.3) is 6.08 Å². The molecule has 0 bridgehead atoms. The number of hydrogen-bond donors (Lipinski definition) is 1. The lowest BCUT2D eigenvalue weighted by atomic mass is 10.1. The number of methoxy groups -OCH3 is 1. The Kier molecular flexibility index (Phi) is 10.0. The second kappa shape index (κ2) is 14.0. The first-order valence-corrected chi connectivity index (χ1v) is 13.2. The SMILES string of the molecule is COc1cc(/C=C(\C#N)C(=O)Nc2ccc(OCc3ccc(Cl)cc3Cl)cc2)ccc1OCc1cccc([N+](=O)[O-])c1. The molecule has 0 unspecified atom stereocenters. The number of nitrogens with one attached hydrogen (secondary N) is 1. The van der Waals surface area contributed by atoms with E-state index in [2.05, 4.69) is 5.32 Å². The molecule has 4 rings (SSSR count). The highest BCUT2D eigenvalue weighted by Crippen LogP contribution is 2.30. The van der Waals surface area contributed by atoms with Crippen molar-refractivity contribution >= 4 is 46.6 Å². The fourth-order valence-corrected chi connectivity index (χ4v) is 4.23. The number of benzene rings is 4. The average Bonchev–Trinajstić information content (AvgIpc) is 2.99. The number of halogens is 2. The van der Waals surface area contributed by atoms with Crippen molar-refractivity contribution in [1.82, 2.24) is 0 Å². The Morgan fingerprint density at radius 2 is 1.76 bits per heavy atom. The minimum Gasteiger partial charge on any atom is -0.493 e. The number of anilines is 1. The third kappa shape index (κ3) is 8.01. The minimum atomic E-state index is -0.593. The van der Waals surface area contributed by atoms with E-state index in [1.54, 1.807) is 72.8 Å². The Balaban J connectivity index is 1.38.